The summed E-state index contributed by atoms with van der Waals surface area (Å²) in [6.45, 7) is 0. The summed E-state index contributed by atoms with van der Waals surface area (Å²) < 4.78 is 0. The van der Waals surface area contributed by atoms with E-state index in [1.54, 1.807) is 7.05 Å². The van der Waals surface area contributed by atoms with Gasteiger partial charge in [-0.05, 0) is 12.8 Å². The summed E-state index contributed by atoms with van der Waals surface area (Å²) >= 11 is 0. The van der Waals surface area contributed by atoms with Crippen molar-refractivity contribution >= 4 is 11.8 Å². The van der Waals surface area contributed by atoms with Crippen LogP contribution in [0.1, 0.15) is 96.3 Å². The van der Waals surface area contributed by atoms with Crippen molar-refractivity contribution in [2.75, 3.05) is 7.05 Å². The van der Waals surface area contributed by atoms with Gasteiger partial charge in [0, 0.05) is 19.9 Å². The zero-order valence-electron chi connectivity index (χ0n) is 14.5. The number of nitrogens with one attached hydrogen (secondary N) is 1. The molecule has 0 saturated heterocycles. The van der Waals surface area contributed by atoms with Crippen LogP contribution >= 0.6 is 0 Å². The molecule has 0 aliphatic carbocycles. The molecule has 0 unspecified atom stereocenters. The van der Waals surface area contributed by atoms with Crippen molar-refractivity contribution < 1.29 is 9.59 Å². The topological polar surface area (TPSA) is 72.2 Å². The Morgan fingerprint density at radius 3 is 1.27 bits per heavy atom. The third-order valence-electron chi connectivity index (χ3n) is 4.11. The van der Waals surface area contributed by atoms with Crippen molar-refractivity contribution in [3.05, 3.63) is 0 Å². The van der Waals surface area contributed by atoms with Gasteiger partial charge >= 0.3 is 0 Å². The minimum atomic E-state index is -0.173. The lowest BCUT2D eigenvalue weighted by molar-refractivity contribution is -0.120. The summed E-state index contributed by atoms with van der Waals surface area (Å²) in [5, 5.41) is 2.66. The van der Waals surface area contributed by atoms with Crippen LogP contribution in [0, 0.1) is 0 Å². The number of carbonyl (C=O) groups excluding carboxylic acids is 2. The van der Waals surface area contributed by atoms with Crippen molar-refractivity contribution in [3.63, 3.8) is 0 Å². The second-order valence-corrected chi connectivity index (χ2v) is 6.24. The molecule has 0 aromatic carbocycles. The van der Waals surface area contributed by atoms with E-state index in [0.29, 0.717) is 12.8 Å². The second-order valence-electron chi connectivity index (χ2n) is 6.24. The van der Waals surface area contributed by atoms with Gasteiger partial charge in [-0.1, -0.05) is 70.6 Å². The molecule has 0 bridgehead atoms. The fourth-order valence-corrected chi connectivity index (χ4v) is 2.65. The first kappa shape index (κ1) is 20.9. The predicted molar refractivity (Wildman–Crippen MR) is 92.5 cm³/mol. The van der Waals surface area contributed by atoms with Gasteiger partial charge in [0.05, 0.1) is 0 Å². The molecule has 0 aliphatic heterocycles. The summed E-state index contributed by atoms with van der Waals surface area (Å²) in [4.78, 5) is 21.6. The van der Waals surface area contributed by atoms with Gasteiger partial charge in [-0.15, -0.1) is 0 Å². The van der Waals surface area contributed by atoms with E-state index in [-0.39, 0.29) is 11.8 Å². The third-order valence-corrected chi connectivity index (χ3v) is 4.11. The maximum absolute atomic E-state index is 11.0. The molecule has 0 heterocycles. The number of hydrogen-bond acceptors (Lipinski definition) is 2. The van der Waals surface area contributed by atoms with Crippen LogP contribution < -0.4 is 11.1 Å². The van der Waals surface area contributed by atoms with E-state index >= 15 is 0 Å². The van der Waals surface area contributed by atoms with Crippen molar-refractivity contribution in [1.82, 2.24) is 5.32 Å². The zero-order chi connectivity index (χ0) is 16.5. The number of primary amides is 1. The van der Waals surface area contributed by atoms with Crippen LogP contribution in [0.15, 0.2) is 0 Å². The highest BCUT2D eigenvalue weighted by Gasteiger charge is 1.98. The Bertz CT molecular complexity index is 280. The third kappa shape index (κ3) is 17.0. The summed E-state index contributed by atoms with van der Waals surface area (Å²) in [7, 11) is 1.70. The first-order valence-electron chi connectivity index (χ1n) is 9.15. The Balaban J connectivity index is 3.02. The first-order valence-corrected chi connectivity index (χ1v) is 9.15. The molecule has 0 fully saturated rings. The summed E-state index contributed by atoms with van der Waals surface area (Å²) in [5.74, 6) is -0.0109. The molecule has 0 aromatic heterocycles. The summed E-state index contributed by atoms with van der Waals surface area (Å²) in [6.07, 6.45) is 17.3. The monoisotopic (exact) mass is 312 g/mol. The van der Waals surface area contributed by atoms with E-state index in [9.17, 15) is 9.59 Å². The van der Waals surface area contributed by atoms with E-state index in [0.717, 1.165) is 19.3 Å². The van der Waals surface area contributed by atoms with Crippen molar-refractivity contribution in [1.29, 1.82) is 0 Å². The fourth-order valence-electron chi connectivity index (χ4n) is 2.65. The lowest BCUT2D eigenvalue weighted by Crippen LogP contribution is -2.16. The highest BCUT2D eigenvalue weighted by Crippen LogP contribution is 2.13. The Kier molecular flexibility index (Phi) is 15.5. The SMILES string of the molecule is CNC(=O)CCCCCCCCCCCCCCCC(N)=O. The largest absolute Gasteiger partial charge is 0.370 e. The first-order chi connectivity index (χ1) is 10.7. The number of unbranched alkanes of at least 4 members (excludes halogenated alkanes) is 12. The van der Waals surface area contributed by atoms with Gasteiger partial charge in [0.15, 0.2) is 0 Å². The molecule has 0 spiro atoms. The molecule has 4 nitrogen and oxygen atoms in total. The average molecular weight is 312 g/mol. The lowest BCUT2D eigenvalue weighted by Gasteiger charge is -2.03. The highest BCUT2D eigenvalue weighted by molar-refractivity contribution is 5.75. The zero-order valence-corrected chi connectivity index (χ0v) is 14.5. The number of hydrogen-bond donors (Lipinski definition) is 2. The Morgan fingerprint density at radius 2 is 0.955 bits per heavy atom. The van der Waals surface area contributed by atoms with Crippen LogP contribution in [0.2, 0.25) is 0 Å². The fraction of sp³-hybridized carbons (Fsp3) is 0.889. The summed E-state index contributed by atoms with van der Waals surface area (Å²) in [5.41, 5.74) is 5.10. The van der Waals surface area contributed by atoms with Gasteiger partial charge in [-0.3, -0.25) is 9.59 Å². The van der Waals surface area contributed by atoms with Crippen LogP contribution in [0.25, 0.3) is 0 Å². The highest BCUT2D eigenvalue weighted by atomic mass is 16.1. The van der Waals surface area contributed by atoms with Gasteiger partial charge < -0.3 is 11.1 Å². The Labute approximate surface area is 136 Å². The van der Waals surface area contributed by atoms with E-state index in [1.165, 1.54) is 64.2 Å². The molecule has 0 atom stereocenters. The van der Waals surface area contributed by atoms with Crippen LogP contribution in [-0.2, 0) is 9.59 Å². The van der Waals surface area contributed by atoms with Crippen LogP contribution in [-0.4, -0.2) is 18.9 Å². The van der Waals surface area contributed by atoms with Crippen LogP contribution in [0.4, 0.5) is 0 Å². The maximum Gasteiger partial charge on any atom is 0.219 e. The van der Waals surface area contributed by atoms with Crippen LogP contribution in [0.3, 0.4) is 0 Å². The number of nitrogens with two attached hydrogens (primary N) is 1. The summed E-state index contributed by atoms with van der Waals surface area (Å²) in [6, 6.07) is 0. The molecule has 0 radical (unpaired) electrons. The molecule has 2 amide bonds. The molecule has 4 heteroatoms. The van der Waals surface area contributed by atoms with E-state index in [2.05, 4.69) is 5.32 Å². The lowest BCUT2D eigenvalue weighted by atomic mass is 10.0. The Hall–Kier alpha value is -1.06. The molecule has 3 N–H and O–H groups in total. The van der Waals surface area contributed by atoms with Crippen LogP contribution in [0.5, 0.6) is 0 Å². The molecule has 0 saturated carbocycles. The Morgan fingerprint density at radius 1 is 0.636 bits per heavy atom. The second kappa shape index (κ2) is 16.3. The van der Waals surface area contributed by atoms with Crippen molar-refractivity contribution in [2.24, 2.45) is 5.73 Å². The normalized spacial score (nSPS) is 10.6. The van der Waals surface area contributed by atoms with E-state index in [4.69, 9.17) is 5.73 Å². The molecule has 0 aromatic rings. The smallest absolute Gasteiger partial charge is 0.219 e. The molecule has 0 rings (SSSR count). The van der Waals surface area contributed by atoms with Gasteiger partial charge in [0.25, 0.3) is 0 Å². The molecule has 0 aliphatic rings. The molecule has 130 valence electrons. The van der Waals surface area contributed by atoms with Crippen molar-refractivity contribution in [2.45, 2.75) is 96.3 Å². The van der Waals surface area contributed by atoms with Gasteiger partial charge in [0.2, 0.25) is 11.8 Å². The minimum absolute atomic E-state index is 0.162. The predicted octanol–water partition coefficient (Wildman–Crippen LogP) is 4.07. The van der Waals surface area contributed by atoms with Crippen molar-refractivity contribution in [3.8, 4) is 0 Å². The standard InChI is InChI=1S/C18H36N2O2/c1-20-18(22)16-14-12-10-8-6-4-2-3-5-7-9-11-13-15-17(19)21/h2-16H2,1H3,(H2,19,21)(H,20,22). The molecular weight excluding hydrogens is 276 g/mol. The van der Waals surface area contributed by atoms with E-state index < -0.39 is 0 Å². The number of rotatable bonds is 16. The molecule has 22 heavy (non-hydrogen) atoms. The minimum Gasteiger partial charge on any atom is -0.370 e. The van der Waals surface area contributed by atoms with Gasteiger partial charge in [-0.2, -0.15) is 0 Å². The maximum atomic E-state index is 11.0. The number of amides is 2. The quantitative estimate of drug-likeness (QED) is 0.422. The van der Waals surface area contributed by atoms with Gasteiger partial charge in [-0.25, -0.2) is 0 Å². The average Bonchev–Trinajstić information content (AvgIpc) is 2.50. The molecular formula is C18H36N2O2. The van der Waals surface area contributed by atoms with Gasteiger partial charge in [0.1, 0.15) is 0 Å². The van der Waals surface area contributed by atoms with E-state index in [1.807, 2.05) is 0 Å². The number of carbonyl (C=O) groups is 2.